The van der Waals surface area contributed by atoms with Crippen LogP contribution in [0.4, 0.5) is 0 Å². The van der Waals surface area contributed by atoms with Crippen molar-refractivity contribution in [1.82, 2.24) is 15.0 Å². The zero-order chi connectivity index (χ0) is 17.6. The van der Waals surface area contributed by atoms with E-state index in [1.807, 2.05) is 12.3 Å². The summed E-state index contributed by atoms with van der Waals surface area (Å²) in [5.74, 6) is 1.61. The molecule has 1 aliphatic heterocycles. The van der Waals surface area contributed by atoms with Gasteiger partial charge in [-0.2, -0.15) is 0 Å². The van der Waals surface area contributed by atoms with Gasteiger partial charge in [0.05, 0.1) is 24.9 Å². The first kappa shape index (κ1) is 17.7. The van der Waals surface area contributed by atoms with Gasteiger partial charge in [-0.25, -0.2) is 0 Å². The lowest BCUT2D eigenvalue weighted by Gasteiger charge is -2.31. The van der Waals surface area contributed by atoms with Crippen molar-refractivity contribution in [3.05, 3.63) is 47.6 Å². The number of ether oxygens (including phenoxy) is 1. The maximum Gasteiger partial charge on any atom is 0.150 e. The molecule has 140 valence electrons. The van der Waals surface area contributed by atoms with Gasteiger partial charge in [-0.1, -0.05) is 30.5 Å². The van der Waals surface area contributed by atoms with Crippen molar-refractivity contribution < 1.29 is 9.26 Å². The number of aromatic nitrogens is 2. The van der Waals surface area contributed by atoms with E-state index >= 15 is 0 Å². The lowest BCUT2D eigenvalue weighted by atomic mass is 9.87. The Bertz CT molecular complexity index is 667. The van der Waals surface area contributed by atoms with Crippen LogP contribution in [0.15, 0.2) is 35.1 Å². The molecule has 0 aromatic carbocycles. The molecule has 26 heavy (non-hydrogen) atoms. The number of hydrogen-bond acceptors (Lipinski definition) is 5. The second kappa shape index (κ2) is 8.78. The molecule has 3 heterocycles. The largest absolute Gasteiger partial charge is 0.372 e. The van der Waals surface area contributed by atoms with E-state index in [1.165, 1.54) is 44.2 Å². The fourth-order valence-electron chi connectivity index (χ4n) is 4.20. The minimum absolute atomic E-state index is 0.282. The summed E-state index contributed by atoms with van der Waals surface area (Å²) in [5.41, 5.74) is 2.30. The van der Waals surface area contributed by atoms with E-state index in [0.717, 1.165) is 37.4 Å². The van der Waals surface area contributed by atoms with Crippen molar-refractivity contribution in [3.8, 4) is 0 Å². The Balaban J connectivity index is 1.27. The third-order valence-corrected chi connectivity index (χ3v) is 5.65. The first-order valence-electron chi connectivity index (χ1n) is 10.0. The SMILES string of the molecule is c1cncc(COC2CCCN(Cc3cc(C4CCCCC4)no3)C2)c1. The highest BCUT2D eigenvalue weighted by molar-refractivity contribution is 5.11. The molecule has 1 saturated heterocycles. The predicted octanol–water partition coefficient (Wildman–Crippen LogP) is 4.30. The molecule has 1 atom stereocenters. The van der Waals surface area contributed by atoms with Crippen molar-refractivity contribution in [1.29, 1.82) is 0 Å². The summed E-state index contributed by atoms with van der Waals surface area (Å²) in [4.78, 5) is 6.58. The minimum Gasteiger partial charge on any atom is -0.372 e. The Hall–Kier alpha value is -1.72. The number of hydrogen-bond donors (Lipinski definition) is 0. The van der Waals surface area contributed by atoms with Gasteiger partial charge in [0, 0.05) is 30.9 Å². The normalized spacial score (nSPS) is 22.5. The van der Waals surface area contributed by atoms with E-state index in [9.17, 15) is 0 Å². The zero-order valence-corrected chi connectivity index (χ0v) is 15.5. The van der Waals surface area contributed by atoms with Crippen LogP contribution >= 0.6 is 0 Å². The van der Waals surface area contributed by atoms with E-state index in [4.69, 9.17) is 9.26 Å². The van der Waals surface area contributed by atoms with E-state index in [2.05, 4.69) is 27.2 Å². The van der Waals surface area contributed by atoms with Crippen LogP contribution in [0.25, 0.3) is 0 Å². The maximum absolute atomic E-state index is 6.11. The minimum atomic E-state index is 0.282. The van der Waals surface area contributed by atoms with Gasteiger partial charge in [0.25, 0.3) is 0 Å². The molecule has 0 radical (unpaired) electrons. The van der Waals surface area contributed by atoms with Crippen LogP contribution in [0.3, 0.4) is 0 Å². The average Bonchev–Trinajstić information content (AvgIpc) is 3.17. The Kier molecular flexibility index (Phi) is 5.97. The maximum atomic E-state index is 6.11. The van der Waals surface area contributed by atoms with Crippen molar-refractivity contribution in [2.24, 2.45) is 0 Å². The van der Waals surface area contributed by atoms with Gasteiger partial charge in [-0.3, -0.25) is 9.88 Å². The summed E-state index contributed by atoms with van der Waals surface area (Å²) in [7, 11) is 0. The lowest BCUT2D eigenvalue weighted by molar-refractivity contribution is -0.0138. The van der Waals surface area contributed by atoms with Gasteiger partial charge in [-0.15, -0.1) is 0 Å². The molecule has 4 rings (SSSR count). The quantitative estimate of drug-likeness (QED) is 0.773. The molecule has 0 bridgehead atoms. The highest BCUT2D eigenvalue weighted by Gasteiger charge is 2.23. The molecule has 1 aliphatic carbocycles. The van der Waals surface area contributed by atoms with Crippen molar-refractivity contribution >= 4 is 0 Å². The molecule has 5 nitrogen and oxygen atoms in total. The number of nitrogens with zero attached hydrogens (tertiary/aromatic N) is 3. The fraction of sp³-hybridized carbons (Fsp3) is 0.619. The monoisotopic (exact) mass is 355 g/mol. The van der Waals surface area contributed by atoms with Gasteiger partial charge in [0.1, 0.15) is 0 Å². The van der Waals surface area contributed by atoms with Crippen LogP contribution in [0.5, 0.6) is 0 Å². The summed E-state index contributed by atoms with van der Waals surface area (Å²) in [6.07, 6.45) is 12.8. The summed E-state index contributed by atoms with van der Waals surface area (Å²) in [5, 5.41) is 4.36. The molecular weight excluding hydrogens is 326 g/mol. The first-order chi connectivity index (χ1) is 12.9. The number of pyridine rings is 1. The van der Waals surface area contributed by atoms with Crippen molar-refractivity contribution in [3.63, 3.8) is 0 Å². The zero-order valence-electron chi connectivity index (χ0n) is 15.5. The van der Waals surface area contributed by atoms with Crippen LogP contribution in [0.2, 0.25) is 0 Å². The van der Waals surface area contributed by atoms with Crippen molar-refractivity contribution in [2.75, 3.05) is 13.1 Å². The van der Waals surface area contributed by atoms with Gasteiger partial charge in [0.15, 0.2) is 5.76 Å². The van der Waals surface area contributed by atoms with E-state index < -0.39 is 0 Å². The van der Waals surface area contributed by atoms with E-state index in [-0.39, 0.29) is 6.10 Å². The molecule has 2 aromatic heterocycles. The summed E-state index contributed by atoms with van der Waals surface area (Å²) in [6.45, 7) is 3.54. The number of rotatable bonds is 6. The van der Waals surface area contributed by atoms with Crippen LogP contribution in [-0.4, -0.2) is 34.2 Å². The smallest absolute Gasteiger partial charge is 0.150 e. The second-order valence-corrected chi connectivity index (χ2v) is 7.72. The molecule has 2 aliphatic rings. The summed E-state index contributed by atoms with van der Waals surface area (Å²) >= 11 is 0. The third-order valence-electron chi connectivity index (χ3n) is 5.65. The average molecular weight is 355 g/mol. The van der Waals surface area contributed by atoms with E-state index in [0.29, 0.717) is 12.5 Å². The molecule has 1 unspecified atom stereocenters. The topological polar surface area (TPSA) is 51.4 Å². The third kappa shape index (κ3) is 4.71. The lowest BCUT2D eigenvalue weighted by Crippen LogP contribution is -2.39. The highest BCUT2D eigenvalue weighted by atomic mass is 16.5. The van der Waals surface area contributed by atoms with Crippen LogP contribution in [-0.2, 0) is 17.9 Å². The first-order valence-corrected chi connectivity index (χ1v) is 10.0. The second-order valence-electron chi connectivity index (χ2n) is 7.72. The molecule has 0 N–H and O–H groups in total. The highest BCUT2D eigenvalue weighted by Crippen LogP contribution is 2.32. The molecule has 2 aromatic rings. The number of likely N-dealkylation sites (tertiary alicyclic amines) is 1. The Labute approximate surface area is 155 Å². The predicted molar refractivity (Wildman–Crippen MR) is 99.7 cm³/mol. The molecule has 0 spiro atoms. The Morgan fingerprint density at radius 1 is 1.15 bits per heavy atom. The molecule has 5 heteroatoms. The molecule has 0 amide bonds. The standard InChI is InChI=1S/C21H29N3O2/c1-2-7-18(8-3-1)21-12-20(26-23-21)15-24-11-5-9-19(14-24)25-16-17-6-4-10-22-13-17/h4,6,10,12-13,18-19H,1-3,5,7-9,11,14-16H2. The Morgan fingerprint density at radius 3 is 2.92 bits per heavy atom. The van der Waals surface area contributed by atoms with E-state index in [1.54, 1.807) is 6.20 Å². The number of piperidine rings is 1. The van der Waals surface area contributed by atoms with Gasteiger partial charge in [-0.05, 0) is 43.9 Å². The molecule has 2 fully saturated rings. The fourth-order valence-corrected chi connectivity index (χ4v) is 4.20. The van der Waals surface area contributed by atoms with Crippen LogP contribution in [0.1, 0.15) is 67.9 Å². The molecule has 1 saturated carbocycles. The summed E-state index contributed by atoms with van der Waals surface area (Å²) < 4.78 is 11.8. The van der Waals surface area contributed by atoms with Gasteiger partial charge >= 0.3 is 0 Å². The summed E-state index contributed by atoms with van der Waals surface area (Å²) in [6, 6.07) is 6.21. The Morgan fingerprint density at radius 2 is 2.08 bits per heavy atom. The van der Waals surface area contributed by atoms with Crippen LogP contribution in [0, 0.1) is 0 Å². The molecular formula is C21H29N3O2. The van der Waals surface area contributed by atoms with Crippen LogP contribution < -0.4 is 0 Å². The van der Waals surface area contributed by atoms with Crippen molar-refractivity contribution in [2.45, 2.75) is 70.1 Å². The van der Waals surface area contributed by atoms with Gasteiger partial charge in [0.2, 0.25) is 0 Å². The van der Waals surface area contributed by atoms with Gasteiger partial charge < -0.3 is 9.26 Å².